The number of aromatic carboxylic acids is 1. The van der Waals surface area contributed by atoms with Crippen LogP contribution >= 0.6 is 0 Å². The largest absolute Gasteiger partial charge is 0.478 e. The third-order valence-electron chi connectivity index (χ3n) is 2.74. The van der Waals surface area contributed by atoms with E-state index in [1.165, 1.54) is 6.07 Å². The summed E-state index contributed by atoms with van der Waals surface area (Å²) >= 11 is 0. The van der Waals surface area contributed by atoms with Crippen LogP contribution in [0.25, 0.3) is 0 Å². The van der Waals surface area contributed by atoms with E-state index < -0.39 is 5.97 Å². The van der Waals surface area contributed by atoms with Crippen LogP contribution in [0.15, 0.2) is 24.5 Å². The van der Waals surface area contributed by atoms with Crippen LogP contribution < -0.4 is 11.1 Å². The fourth-order valence-electron chi connectivity index (χ4n) is 1.74. The van der Waals surface area contributed by atoms with Gasteiger partial charge in [-0.25, -0.2) is 4.79 Å². The van der Waals surface area contributed by atoms with Gasteiger partial charge in [-0.05, 0) is 18.2 Å². The summed E-state index contributed by atoms with van der Waals surface area (Å²) < 4.78 is 1.82. The van der Waals surface area contributed by atoms with Gasteiger partial charge in [0.2, 0.25) is 0 Å². The average Bonchev–Trinajstić information content (AvgIpc) is 2.77. The molecule has 1 aromatic carbocycles. The van der Waals surface area contributed by atoms with Crippen LogP contribution in [0.5, 0.6) is 0 Å². The quantitative estimate of drug-likeness (QED) is 0.686. The van der Waals surface area contributed by atoms with Crippen LogP contribution in [0.2, 0.25) is 0 Å². The minimum absolute atomic E-state index is 0.165. The van der Waals surface area contributed by atoms with Gasteiger partial charge in [-0.1, -0.05) is 0 Å². The number of benzene rings is 1. The van der Waals surface area contributed by atoms with Crippen molar-refractivity contribution < 1.29 is 9.90 Å². The highest BCUT2D eigenvalue weighted by Gasteiger charge is 2.10. The van der Waals surface area contributed by atoms with E-state index in [1.54, 1.807) is 18.5 Å². The summed E-state index contributed by atoms with van der Waals surface area (Å²) in [6.07, 6.45) is 2.28. The Morgan fingerprint density at radius 2 is 2.32 bits per heavy atom. The molecule has 4 N–H and O–H groups in total. The van der Waals surface area contributed by atoms with Gasteiger partial charge in [-0.3, -0.25) is 0 Å². The fourth-order valence-corrected chi connectivity index (χ4v) is 1.74. The maximum Gasteiger partial charge on any atom is 0.337 e. The van der Waals surface area contributed by atoms with Crippen molar-refractivity contribution in [3.05, 3.63) is 35.9 Å². The van der Waals surface area contributed by atoms with Crippen LogP contribution in [0.1, 0.15) is 16.2 Å². The van der Waals surface area contributed by atoms with Gasteiger partial charge in [-0.15, -0.1) is 10.2 Å². The van der Waals surface area contributed by atoms with Crippen molar-refractivity contribution in [2.45, 2.75) is 6.42 Å². The predicted octanol–water partition coefficient (Wildman–Crippen LogP) is 0.750. The van der Waals surface area contributed by atoms with Crippen molar-refractivity contribution in [1.29, 1.82) is 0 Å². The van der Waals surface area contributed by atoms with Gasteiger partial charge in [-0.2, -0.15) is 0 Å². The zero-order valence-corrected chi connectivity index (χ0v) is 10.5. The average molecular weight is 261 g/mol. The van der Waals surface area contributed by atoms with E-state index >= 15 is 0 Å². The number of hydrogen-bond donors (Lipinski definition) is 3. The minimum atomic E-state index is -1.01. The first kappa shape index (κ1) is 12.9. The minimum Gasteiger partial charge on any atom is -0.478 e. The second-order valence-electron chi connectivity index (χ2n) is 4.15. The highest BCUT2D eigenvalue weighted by molar-refractivity contribution is 5.95. The SMILES string of the molecule is Cn1cnnc1CCNc1ccc(N)cc1C(=O)O. The van der Waals surface area contributed by atoms with Crippen LogP contribution in [0.4, 0.5) is 11.4 Å². The molecule has 0 spiro atoms. The summed E-state index contributed by atoms with van der Waals surface area (Å²) in [5.74, 6) is -0.173. The number of nitrogens with one attached hydrogen (secondary N) is 1. The number of nitrogens with two attached hydrogens (primary N) is 1. The molecule has 0 amide bonds. The number of anilines is 2. The molecule has 2 rings (SSSR count). The van der Waals surface area contributed by atoms with Crippen molar-refractivity contribution in [2.75, 3.05) is 17.6 Å². The first-order valence-corrected chi connectivity index (χ1v) is 5.77. The maximum absolute atomic E-state index is 11.1. The highest BCUT2D eigenvalue weighted by Crippen LogP contribution is 2.18. The van der Waals surface area contributed by atoms with Gasteiger partial charge >= 0.3 is 5.97 Å². The number of nitrogen functional groups attached to an aromatic ring is 1. The summed E-state index contributed by atoms with van der Waals surface area (Å²) in [4.78, 5) is 11.1. The fraction of sp³-hybridized carbons (Fsp3) is 0.250. The van der Waals surface area contributed by atoms with Gasteiger partial charge in [0.1, 0.15) is 12.2 Å². The van der Waals surface area contributed by atoms with E-state index in [0.717, 1.165) is 5.82 Å². The van der Waals surface area contributed by atoms with E-state index in [2.05, 4.69) is 15.5 Å². The van der Waals surface area contributed by atoms with Gasteiger partial charge in [0.15, 0.2) is 0 Å². The molecule has 0 saturated carbocycles. The van der Waals surface area contributed by atoms with Gasteiger partial charge < -0.3 is 20.7 Å². The molecule has 7 nitrogen and oxygen atoms in total. The number of carbonyl (C=O) groups is 1. The summed E-state index contributed by atoms with van der Waals surface area (Å²) in [5.41, 5.74) is 6.72. The molecule has 0 saturated heterocycles. The number of aromatic nitrogens is 3. The van der Waals surface area contributed by atoms with Crippen LogP contribution in [0.3, 0.4) is 0 Å². The molecule has 0 aliphatic carbocycles. The highest BCUT2D eigenvalue weighted by atomic mass is 16.4. The Morgan fingerprint density at radius 3 is 2.95 bits per heavy atom. The monoisotopic (exact) mass is 261 g/mol. The van der Waals surface area contributed by atoms with Crippen molar-refractivity contribution in [3.8, 4) is 0 Å². The molecule has 0 unspecified atom stereocenters. The van der Waals surface area contributed by atoms with Gasteiger partial charge in [0, 0.05) is 31.4 Å². The molecule has 0 aliphatic rings. The lowest BCUT2D eigenvalue weighted by atomic mass is 10.1. The van der Waals surface area contributed by atoms with Crippen molar-refractivity contribution in [2.24, 2.45) is 7.05 Å². The van der Waals surface area contributed by atoms with Crippen molar-refractivity contribution >= 4 is 17.3 Å². The van der Waals surface area contributed by atoms with Crippen LogP contribution in [-0.4, -0.2) is 32.4 Å². The van der Waals surface area contributed by atoms with Crippen LogP contribution in [-0.2, 0) is 13.5 Å². The molecule has 0 aliphatic heterocycles. The topological polar surface area (TPSA) is 106 Å². The molecule has 0 radical (unpaired) electrons. The Balaban J connectivity index is 2.03. The predicted molar refractivity (Wildman–Crippen MR) is 71.0 cm³/mol. The first-order chi connectivity index (χ1) is 9.08. The number of carboxylic acid groups (broad SMARTS) is 1. The third-order valence-corrected chi connectivity index (χ3v) is 2.74. The molecule has 0 fully saturated rings. The van der Waals surface area contributed by atoms with Gasteiger partial charge in [0.05, 0.1) is 5.56 Å². The lowest BCUT2D eigenvalue weighted by molar-refractivity contribution is 0.0698. The molecule has 2 aromatic rings. The molecule has 100 valence electrons. The van der Waals surface area contributed by atoms with Crippen molar-refractivity contribution in [1.82, 2.24) is 14.8 Å². The summed E-state index contributed by atoms with van der Waals surface area (Å²) in [6.45, 7) is 0.566. The lowest BCUT2D eigenvalue weighted by Crippen LogP contribution is -2.12. The normalized spacial score (nSPS) is 10.4. The number of rotatable bonds is 5. The molecule has 1 heterocycles. The smallest absolute Gasteiger partial charge is 0.337 e. The van der Waals surface area contributed by atoms with E-state index in [0.29, 0.717) is 24.3 Å². The number of nitrogens with zero attached hydrogens (tertiary/aromatic N) is 3. The summed E-state index contributed by atoms with van der Waals surface area (Å²) in [7, 11) is 1.86. The second-order valence-corrected chi connectivity index (χ2v) is 4.15. The maximum atomic E-state index is 11.1. The summed E-state index contributed by atoms with van der Waals surface area (Å²) in [6, 6.07) is 4.76. The summed E-state index contributed by atoms with van der Waals surface area (Å²) in [5, 5.41) is 19.9. The van der Waals surface area contributed by atoms with E-state index in [1.807, 2.05) is 11.6 Å². The molecule has 1 aromatic heterocycles. The number of aryl methyl sites for hydroxylation is 1. The molecule has 0 atom stereocenters. The van der Waals surface area contributed by atoms with E-state index in [-0.39, 0.29) is 5.56 Å². The third kappa shape index (κ3) is 3.01. The Labute approximate surface area is 110 Å². The van der Waals surface area contributed by atoms with Gasteiger partial charge in [0.25, 0.3) is 0 Å². The zero-order valence-electron chi connectivity index (χ0n) is 10.5. The molecule has 7 heteroatoms. The first-order valence-electron chi connectivity index (χ1n) is 5.77. The Morgan fingerprint density at radius 1 is 1.53 bits per heavy atom. The number of carboxylic acids is 1. The zero-order chi connectivity index (χ0) is 13.8. The Kier molecular flexibility index (Phi) is 3.65. The Bertz CT molecular complexity index is 594. The second kappa shape index (κ2) is 5.38. The molecular weight excluding hydrogens is 246 g/mol. The van der Waals surface area contributed by atoms with E-state index in [4.69, 9.17) is 10.8 Å². The molecule has 19 heavy (non-hydrogen) atoms. The lowest BCUT2D eigenvalue weighted by Gasteiger charge is -2.10. The van der Waals surface area contributed by atoms with Crippen LogP contribution in [0, 0.1) is 0 Å². The standard InChI is InChI=1S/C12H15N5O2/c1-17-7-15-16-11(17)4-5-14-10-3-2-8(13)6-9(10)12(18)19/h2-3,6-7,14H,4-5,13H2,1H3,(H,18,19). The van der Waals surface area contributed by atoms with Crippen molar-refractivity contribution in [3.63, 3.8) is 0 Å². The van der Waals surface area contributed by atoms with E-state index in [9.17, 15) is 4.79 Å². The molecular formula is C12H15N5O2. The Hall–Kier alpha value is -2.57. The molecule has 0 bridgehead atoms. The number of hydrogen-bond acceptors (Lipinski definition) is 5.